The molecule has 0 aliphatic heterocycles. The van der Waals surface area contributed by atoms with Crippen molar-refractivity contribution in [2.24, 2.45) is 10.9 Å². The van der Waals surface area contributed by atoms with E-state index in [9.17, 15) is 26.7 Å². The minimum absolute atomic E-state index is 0.0649. The Morgan fingerprint density at radius 2 is 1.88 bits per heavy atom. The Labute approximate surface area is 139 Å². The van der Waals surface area contributed by atoms with Crippen molar-refractivity contribution in [1.82, 2.24) is 4.57 Å². The summed E-state index contributed by atoms with van der Waals surface area (Å²) in [6.07, 6.45) is -1.81. The van der Waals surface area contributed by atoms with Gasteiger partial charge in [0, 0.05) is 12.7 Å². The van der Waals surface area contributed by atoms with Gasteiger partial charge in [0.05, 0.1) is 11.1 Å². The van der Waals surface area contributed by atoms with Gasteiger partial charge in [0.1, 0.15) is 17.1 Å². The number of benzene rings is 1. The third-order valence-electron chi connectivity index (χ3n) is 3.87. The Bertz CT molecular complexity index is 881. The first-order chi connectivity index (χ1) is 11.8. The second-order valence-corrected chi connectivity index (χ2v) is 5.88. The highest BCUT2D eigenvalue weighted by molar-refractivity contribution is 5.95. The standard InChI is InChI=1S/C17H13F5N2O/c18-11-6-7-14(24(9-11)8-10-4-5-10)23-16(25)12-2-1-3-13(15(12)19)17(20,21)22/h1-3,6-7,9-10H,4-5,8H2. The fraction of sp³-hybridized carbons (Fsp3) is 0.294. The lowest BCUT2D eigenvalue weighted by Crippen LogP contribution is -2.23. The monoisotopic (exact) mass is 356 g/mol. The molecule has 1 aliphatic carbocycles. The topological polar surface area (TPSA) is 34.4 Å². The minimum Gasteiger partial charge on any atom is -0.330 e. The number of hydrogen-bond donors (Lipinski definition) is 0. The molecular formula is C17H13F5N2O. The number of halogens is 5. The van der Waals surface area contributed by atoms with Gasteiger partial charge in [-0.25, -0.2) is 8.78 Å². The van der Waals surface area contributed by atoms with Crippen molar-refractivity contribution in [2.45, 2.75) is 25.6 Å². The molecule has 3 rings (SSSR count). The number of alkyl halides is 3. The predicted molar refractivity (Wildman–Crippen MR) is 78.4 cm³/mol. The van der Waals surface area contributed by atoms with Crippen LogP contribution >= 0.6 is 0 Å². The average Bonchev–Trinajstić information content (AvgIpc) is 3.33. The quantitative estimate of drug-likeness (QED) is 0.767. The van der Waals surface area contributed by atoms with Gasteiger partial charge < -0.3 is 4.57 Å². The van der Waals surface area contributed by atoms with Crippen LogP contribution in [-0.4, -0.2) is 10.5 Å². The van der Waals surface area contributed by atoms with Crippen LogP contribution in [0.3, 0.4) is 0 Å². The summed E-state index contributed by atoms with van der Waals surface area (Å²) in [4.78, 5) is 15.9. The first kappa shape index (κ1) is 17.3. The molecule has 0 unspecified atom stereocenters. The van der Waals surface area contributed by atoms with E-state index >= 15 is 0 Å². The van der Waals surface area contributed by atoms with Gasteiger partial charge in [-0.1, -0.05) is 6.07 Å². The van der Waals surface area contributed by atoms with Gasteiger partial charge in [-0.15, -0.1) is 0 Å². The van der Waals surface area contributed by atoms with Crippen molar-refractivity contribution in [1.29, 1.82) is 0 Å². The highest BCUT2D eigenvalue weighted by Gasteiger charge is 2.35. The molecule has 0 radical (unpaired) electrons. The number of carbonyl (C=O) groups is 1. The molecule has 1 aliphatic rings. The molecule has 0 N–H and O–H groups in total. The summed E-state index contributed by atoms with van der Waals surface area (Å²) in [6.45, 7) is 0.439. The molecule has 1 fully saturated rings. The van der Waals surface area contributed by atoms with E-state index in [1.165, 1.54) is 10.6 Å². The van der Waals surface area contributed by atoms with Crippen LogP contribution in [0.15, 0.2) is 41.5 Å². The summed E-state index contributed by atoms with van der Waals surface area (Å²) >= 11 is 0. The minimum atomic E-state index is -4.91. The lowest BCUT2D eigenvalue weighted by atomic mass is 10.1. The maximum atomic E-state index is 14.0. The Hall–Kier alpha value is -2.51. The molecule has 2 aromatic rings. The molecule has 1 amide bonds. The van der Waals surface area contributed by atoms with E-state index in [1.54, 1.807) is 0 Å². The van der Waals surface area contributed by atoms with Gasteiger partial charge in [-0.05, 0) is 43.0 Å². The highest BCUT2D eigenvalue weighted by atomic mass is 19.4. The number of rotatable bonds is 3. The van der Waals surface area contributed by atoms with Crippen LogP contribution in [0.5, 0.6) is 0 Å². The third-order valence-corrected chi connectivity index (χ3v) is 3.87. The lowest BCUT2D eigenvalue weighted by molar-refractivity contribution is -0.140. The van der Waals surface area contributed by atoms with E-state index in [1.807, 2.05) is 0 Å². The molecule has 1 saturated carbocycles. The molecule has 1 heterocycles. The smallest absolute Gasteiger partial charge is 0.330 e. The Morgan fingerprint density at radius 1 is 1.16 bits per heavy atom. The molecule has 132 valence electrons. The van der Waals surface area contributed by atoms with Crippen molar-refractivity contribution in [3.63, 3.8) is 0 Å². The molecular weight excluding hydrogens is 343 g/mol. The predicted octanol–water partition coefficient (Wildman–Crippen LogP) is 3.94. The van der Waals surface area contributed by atoms with Crippen molar-refractivity contribution < 1.29 is 26.7 Å². The molecule has 25 heavy (non-hydrogen) atoms. The second-order valence-electron chi connectivity index (χ2n) is 5.88. The maximum Gasteiger partial charge on any atom is 0.419 e. The van der Waals surface area contributed by atoms with Crippen molar-refractivity contribution in [2.75, 3.05) is 0 Å². The number of pyridine rings is 1. The summed E-state index contributed by atoms with van der Waals surface area (Å²) in [5.74, 6) is -3.00. The van der Waals surface area contributed by atoms with Gasteiger partial charge >= 0.3 is 6.18 Å². The van der Waals surface area contributed by atoms with E-state index in [0.29, 0.717) is 18.5 Å². The zero-order valence-electron chi connectivity index (χ0n) is 12.9. The van der Waals surface area contributed by atoms with E-state index in [-0.39, 0.29) is 5.49 Å². The van der Waals surface area contributed by atoms with Crippen molar-refractivity contribution in [3.8, 4) is 0 Å². The van der Waals surface area contributed by atoms with E-state index < -0.39 is 34.8 Å². The summed E-state index contributed by atoms with van der Waals surface area (Å²) in [7, 11) is 0. The largest absolute Gasteiger partial charge is 0.419 e. The normalized spacial score (nSPS) is 15.5. The Morgan fingerprint density at radius 3 is 2.52 bits per heavy atom. The summed E-state index contributed by atoms with van der Waals surface area (Å²) in [5.41, 5.74) is -2.24. The van der Waals surface area contributed by atoms with E-state index in [4.69, 9.17) is 0 Å². The maximum absolute atomic E-state index is 14.0. The van der Waals surface area contributed by atoms with E-state index in [2.05, 4.69) is 4.99 Å². The number of aromatic nitrogens is 1. The van der Waals surface area contributed by atoms with Crippen LogP contribution in [0.2, 0.25) is 0 Å². The van der Waals surface area contributed by atoms with Gasteiger partial charge in [-0.2, -0.15) is 18.2 Å². The second kappa shape index (κ2) is 6.42. The van der Waals surface area contributed by atoms with Gasteiger partial charge in [0.2, 0.25) is 0 Å². The van der Waals surface area contributed by atoms with Gasteiger partial charge in [0.25, 0.3) is 5.91 Å². The number of nitrogens with zero attached hydrogens (tertiary/aromatic N) is 2. The Kier molecular flexibility index (Phi) is 4.45. The summed E-state index contributed by atoms with van der Waals surface area (Å²) < 4.78 is 67.1. The lowest BCUT2D eigenvalue weighted by Gasteiger charge is -2.10. The first-order valence-corrected chi connectivity index (χ1v) is 7.56. The number of amides is 1. The van der Waals surface area contributed by atoms with Gasteiger partial charge in [0.15, 0.2) is 0 Å². The molecule has 0 atom stereocenters. The van der Waals surface area contributed by atoms with Crippen LogP contribution in [0.1, 0.15) is 28.8 Å². The zero-order chi connectivity index (χ0) is 18.2. The van der Waals surface area contributed by atoms with Crippen molar-refractivity contribution >= 4 is 5.91 Å². The fourth-order valence-corrected chi connectivity index (χ4v) is 2.41. The molecule has 0 bridgehead atoms. The van der Waals surface area contributed by atoms with Crippen LogP contribution in [0, 0.1) is 17.6 Å². The fourth-order valence-electron chi connectivity index (χ4n) is 2.41. The molecule has 8 heteroatoms. The molecule has 1 aromatic heterocycles. The highest BCUT2D eigenvalue weighted by Crippen LogP contribution is 2.32. The van der Waals surface area contributed by atoms with Crippen LogP contribution in [0.25, 0.3) is 0 Å². The SMILES string of the molecule is O=C(N=c1ccc(F)cn1CC1CC1)c1cccc(C(F)(F)F)c1F. The Balaban J connectivity index is 2.01. The van der Waals surface area contributed by atoms with Crippen LogP contribution in [0.4, 0.5) is 22.0 Å². The summed E-state index contributed by atoms with van der Waals surface area (Å²) in [5, 5.41) is 0. The zero-order valence-corrected chi connectivity index (χ0v) is 12.9. The van der Waals surface area contributed by atoms with Crippen LogP contribution in [-0.2, 0) is 12.7 Å². The number of hydrogen-bond acceptors (Lipinski definition) is 1. The molecule has 0 spiro atoms. The van der Waals surface area contributed by atoms with E-state index in [0.717, 1.165) is 37.2 Å². The molecule has 0 saturated heterocycles. The van der Waals surface area contributed by atoms with Crippen LogP contribution < -0.4 is 5.49 Å². The molecule has 3 nitrogen and oxygen atoms in total. The first-order valence-electron chi connectivity index (χ1n) is 7.56. The number of carbonyl (C=O) groups excluding carboxylic acids is 1. The summed E-state index contributed by atoms with van der Waals surface area (Å²) in [6, 6.07) is 4.75. The third kappa shape index (κ3) is 3.94. The average molecular weight is 356 g/mol. The van der Waals surface area contributed by atoms with Gasteiger partial charge in [-0.3, -0.25) is 4.79 Å². The van der Waals surface area contributed by atoms with Crippen molar-refractivity contribution in [3.05, 3.63) is 64.8 Å². The molecule has 1 aromatic carbocycles.